The molecule has 0 amide bonds. The highest BCUT2D eigenvalue weighted by Gasteiger charge is 2.44. The first kappa shape index (κ1) is 17.0. The van der Waals surface area contributed by atoms with E-state index in [1.165, 1.54) is 12.3 Å². The highest BCUT2D eigenvalue weighted by molar-refractivity contribution is 7.51. The van der Waals surface area contributed by atoms with E-state index in [0.29, 0.717) is 0 Å². The molecule has 0 bridgehead atoms. The number of hydrogen-bond donors (Lipinski definition) is 5. The maximum Gasteiger partial charge on any atom is 0.351 e. The molecule has 1 aliphatic heterocycles. The average molecular weight is 337 g/mol. The highest BCUT2D eigenvalue weighted by Crippen LogP contribution is 2.35. The zero-order valence-electron chi connectivity index (χ0n) is 11.2. The fourth-order valence-corrected chi connectivity index (χ4v) is 2.35. The van der Waals surface area contributed by atoms with Crippen LogP contribution >= 0.6 is 7.60 Å². The van der Waals surface area contributed by atoms with Crippen molar-refractivity contribution in [1.82, 2.24) is 9.55 Å². The van der Waals surface area contributed by atoms with E-state index in [4.69, 9.17) is 25.0 Å². The second-order valence-corrected chi connectivity index (χ2v) is 6.34. The first-order valence-electron chi connectivity index (χ1n) is 6.17. The number of ether oxygens (including phenoxy) is 2. The van der Waals surface area contributed by atoms with Gasteiger partial charge in [-0.25, -0.2) is 4.79 Å². The quantitative estimate of drug-likeness (QED) is 0.364. The van der Waals surface area contributed by atoms with E-state index in [2.05, 4.69) is 4.98 Å². The van der Waals surface area contributed by atoms with E-state index in [0.717, 1.165) is 4.57 Å². The summed E-state index contributed by atoms with van der Waals surface area (Å²) in [5.41, 5.74) is 4.58. The van der Waals surface area contributed by atoms with Crippen molar-refractivity contribution < 1.29 is 34.0 Å². The van der Waals surface area contributed by atoms with Crippen LogP contribution in [0.25, 0.3) is 0 Å². The van der Waals surface area contributed by atoms with Gasteiger partial charge in [-0.2, -0.15) is 4.98 Å². The molecule has 1 aromatic rings. The summed E-state index contributed by atoms with van der Waals surface area (Å²) in [5, 5.41) is 19.8. The number of aliphatic hydroxyl groups excluding tert-OH is 2. The Labute approximate surface area is 124 Å². The van der Waals surface area contributed by atoms with Crippen LogP contribution in [-0.4, -0.2) is 60.8 Å². The van der Waals surface area contributed by atoms with Crippen molar-refractivity contribution in [2.45, 2.75) is 24.5 Å². The lowest BCUT2D eigenvalue weighted by molar-refractivity contribution is -0.0644. The first-order valence-corrected chi connectivity index (χ1v) is 7.97. The lowest BCUT2D eigenvalue weighted by Gasteiger charge is -2.16. The van der Waals surface area contributed by atoms with Crippen LogP contribution in [-0.2, 0) is 14.0 Å². The molecule has 1 saturated heterocycles. The van der Waals surface area contributed by atoms with Gasteiger partial charge in [-0.1, -0.05) is 0 Å². The van der Waals surface area contributed by atoms with E-state index in [-0.39, 0.29) is 12.4 Å². The van der Waals surface area contributed by atoms with Crippen LogP contribution in [0.1, 0.15) is 6.23 Å². The van der Waals surface area contributed by atoms with Crippen LogP contribution in [0.15, 0.2) is 17.1 Å². The molecule has 6 N–H and O–H groups in total. The van der Waals surface area contributed by atoms with Crippen LogP contribution in [0, 0.1) is 0 Å². The summed E-state index contributed by atoms with van der Waals surface area (Å²) in [6.07, 6.45) is -4.69. The molecule has 124 valence electrons. The molecule has 1 fully saturated rings. The summed E-state index contributed by atoms with van der Waals surface area (Å²) < 4.78 is 21.7. The molecule has 12 heteroatoms. The molecule has 0 aromatic carbocycles. The Kier molecular flexibility index (Phi) is 4.97. The van der Waals surface area contributed by atoms with Gasteiger partial charge in [-0.05, 0) is 6.07 Å². The zero-order valence-corrected chi connectivity index (χ0v) is 12.1. The lowest BCUT2D eigenvalue weighted by Crippen LogP contribution is -2.36. The standard InChI is InChI=1S/C10H16N3O8P/c11-6-1-2-13(10(16)12-6)9-8(15)7(14)5(21-9)3-20-4-22(17,18)19/h1-2,5,7-9,14-15H,3-4H2,(H2,11,12,16)(H2,17,18,19)/t5-,7-,8-,9-/m1/s1. The molecule has 0 aliphatic carbocycles. The van der Waals surface area contributed by atoms with E-state index >= 15 is 0 Å². The fraction of sp³-hybridized carbons (Fsp3) is 0.600. The topological polar surface area (TPSA) is 177 Å². The fourth-order valence-electron chi connectivity index (χ4n) is 2.00. The number of hydrogen-bond acceptors (Lipinski definition) is 8. The van der Waals surface area contributed by atoms with Gasteiger partial charge in [0.2, 0.25) is 0 Å². The van der Waals surface area contributed by atoms with Gasteiger partial charge in [0.1, 0.15) is 30.5 Å². The SMILES string of the molecule is Nc1ccn([C@@H]2O[C@H](COCP(=O)(O)O)[C@@H](O)[C@H]2O)c(=O)n1. The van der Waals surface area contributed by atoms with Crippen LogP contribution in [0.3, 0.4) is 0 Å². The molecule has 1 aromatic heterocycles. The van der Waals surface area contributed by atoms with Crippen molar-refractivity contribution in [3.05, 3.63) is 22.7 Å². The molecule has 0 radical (unpaired) electrons. The molecule has 1 aliphatic rings. The predicted octanol–water partition coefficient (Wildman–Crippen LogP) is -2.40. The van der Waals surface area contributed by atoms with Crippen LogP contribution in [0.2, 0.25) is 0 Å². The van der Waals surface area contributed by atoms with E-state index < -0.39 is 44.2 Å². The summed E-state index contributed by atoms with van der Waals surface area (Å²) in [6, 6.07) is 1.32. The van der Waals surface area contributed by atoms with Gasteiger partial charge in [-0.3, -0.25) is 9.13 Å². The van der Waals surface area contributed by atoms with Crippen molar-refractivity contribution in [1.29, 1.82) is 0 Å². The van der Waals surface area contributed by atoms with Crippen LogP contribution in [0.5, 0.6) is 0 Å². The molecule has 2 rings (SSSR count). The van der Waals surface area contributed by atoms with Crippen molar-refractivity contribution >= 4 is 13.4 Å². The number of rotatable bonds is 5. The van der Waals surface area contributed by atoms with Crippen molar-refractivity contribution in [3.63, 3.8) is 0 Å². The van der Waals surface area contributed by atoms with Gasteiger partial charge in [0.25, 0.3) is 0 Å². The number of nitrogens with zero attached hydrogens (tertiary/aromatic N) is 2. The minimum Gasteiger partial charge on any atom is -0.387 e. The molecular formula is C10H16N3O8P. The summed E-state index contributed by atoms with van der Waals surface area (Å²) >= 11 is 0. The second kappa shape index (κ2) is 6.42. The Morgan fingerprint density at radius 3 is 2.68 bits per heavy atom. The third-order valence-corrected chi connectivity index (χ3v) is 3.52. The van der Waals surface area contributed by atoms with E-state index in [9.17, 15) is 19.6 Å². The normalized spacial score (nSPS) is 28.9. The number of anilines is 1. The third-order valence-electron chi connectivity index (χ3n) is 3.00. The minimum atomic E-state index is -4.35. The molecule has 11 nitrogen and oxygen atoms in total. The first-order chi connectivity index (χ1) is 10.2. The Balaban J connectivity index is 2.06. The largest absolute Gasteiger partial charge is 0.387 e. The van der Waals surface area contributed by atoms with Gasteiger partial charge in [0.15, 0.2) is 6.23 Å². The number of aromatic nitrogens is 2. The number of nitrogens with two attached hydrogens (primary N) is 1. The summed E-state index contributed by atoms with van der Waals surface area (Å²) in [7, 11) is -4.35. The molecule has 0 unspecified atom stereocenters. The summed E-state index contributed by atoms with van der Waals surface area (Å²) in [5.74, 6) is -0.00388. The lowest BCUT2D eigenvalue weighted by atomic mass is 10.1. The van der Waals surface area contributed by atoms with E-state index in [1.54, 1.807) is 0 Å². The Morgan fingerprint density at radius 2 is 2.09 bits per heavy atom. The Morgan fingerprint density at radius 1 is 1.41 bits per heavy atom. The molecule has 4 atom stereocenters. The van der Waals surface area contributed by atoms with Crippen molar-refractivity contribution in [3.8, 4) is 0 Å². The van der Waals surface area contributed by atoms with Gasteiger partial charge < -0.3 is 35.2 Å². The average Bonchev–Trinajstić information content (AvgIpc) is 2.66. The smallest absolute Gasteiger partial charge is 0.351 e. The van der Waals surface area contributed by atoms with Gasteiger partial charge >= 0.3 is 13.3 Å². The Bertz CT molecular complexity index is 631. The van der Waals surface area contributed by atoms with Gasteiger partial charge in [0.05, 0.1) is 6.61 Å². The minimum absolute atomic E-state index is 0.00388. The van der Waals surface area contributed by atoms with Crippen LogP contribution in [0.4, 0.5) is 5.82 Å². The highest BCUT2D eigenvalue weighted by atomic mass is 31.2. The number of nitrogen functional groups attached to an aromatic ring is 1. The van der Waals surface area contributed by atoms with Crippen molar-refractivity contribution in [2.75, 3.05) is 18.7 Å². The Hall–Kier alpha value is -1.33. The summed E-state index contributed by atoms with van der Waals surface area (Å²) in [4.78, 5) is 32.5. The zero-order chi connectivity index (χ0) is 16.5. The molecule has 0 spiro atoms. The molecule has 22 heavy (non-hydrogen) atoms. The van der Waals surface area contributed by atoms with E-state index in [1.807, 2.05) is 0 Å². The molecule has 0 saturated carbocycles. The summed E-state index contributed by atoms with van der Waals surface area (Å²) in [6.45, 7) is -0.364. The van der Waals surface area contributed by atoms with Gasteiger partial charge in [0, 0.05) is 6.20 Å². The monoisotopic (exact) mass is 337 g/mol. The third kappa shape index (κ3) is 3.90. The molecular weight excluding hydrogens is 321 g/mol. The second-order valence-electron chi connectivity index (χ2n) is 4.75. The maximum atomic E-state index is 11.7. The predicted molar refractivity (Wildman–Crippen MR) is 71.7 cm³/mol. The van der Waals surface area contributed by atoms with Crippen LogP contribution < -0.4 is 11.4 Å². The number of aliphatic hydroxyl groups is 2. The maximum absolute atomic E-state index is 11.7. The molecule has 2 heterocycles. The van der Waals surface area contributed by atoms with Crippen molar-refractivity contribution in [2.24, 2.45) is 0 Å². The van der Waals surface area contributed by atoms with Gasteiger partial charge in [-0.15, -0.1) is 0 Å².